The third kappa shape index (κ3) is 4.71. The molecule has 0 aromatic heterocycles. The summed E-state index contributed by atoms with van der Waals surface area (Å²) in [5.74, 6) is 0.0691. The van der Waals surface area contributed by atoms with Crippen LogP contribution in [0.4, 0.5) is 5.69 Å². The molecule has 0 radical (unpaired) electrons. The number of nitro benzene ring substituents is 1. The second-order valence-electron chi connectivity index (χ2n) is 6.57. The standard InChI is InChI=1S/C17H27N2O5S/c1-6-7-11-25(23)18-17(4,16(2,3)15(20)24-5)13-9-8-10-14(12-13)19(21)22/h8-10,12,18,23H,6-7,11H2,1-5H3/q+1/t17-,25?/m1/s1. The van der Waals surface area contributed by atoms with Gasteiger partial charge in [-0.3, -0.25) is 14.9 Å². The van der Waals surface area contributed by atoms with Crippen molar-refractivity contribution in [3.05, 3.63) is 39.9 Å². The second-order valence-corrected chi connectivity index (χ2v) is 7.92. The third-order valence-corrected chi connectivity index (χ3v) is 5.91. The molecule has 1 aromatic carbocycles. The van der Waals surface area contributed by atoms with Crippen molar-refractivity contribution in [2.45, 2.75) is 46.1 Å². The quantitative estimate of drug-likeness (QED) is 0.298. The molecule has 8 heteroatoms. The normalized spacial score (nSPS) is 15.3. The molecule has 0 spiro atoms. The van der Waals surface area contributed by atoms with Crippen molar-refractivity contribution >= 4 is 23.0 Å². The largest absolute Gasteiger partial charge is 0.469 e. The molecule has 7 nitrogen and oxygen atoms in total. The number of carbonyl (C=O) groups is 1. The molecule has 0 amide bonds. The zero-order valence-electron chi connectivity index (χ0n) is 15.4. The highest BCUT2D eigenvalue weighted by molar-refractivity contribution is 7.89. The zero-order valence-corrected chi connectivity index (χ0v) is 16.2. The van der Waals surface area contributed by atoms with Crippen LogP contribution in [0.3, 0.4) is 0 Å². The fourth-order valence-electron chi connectivity index (χ4n) is 2.50. The molecule has 0 aliphatic rings. The second kappa shape index (κ2) is 8.64. The predicted molar refractivity (Wildman–Crippen MR) is 99.1 cm³/mol. The molecule has 1 rings (SSSR count). The molecule has 25 heavy (non-hydrogen) atoms. The smallest absolute Gasteiger partial charge is 0.313 e. The number of methoxy groups -OCH3 is 1. The van der Waals surface area contributed by atoms with E-state index in [1.165, 1.54) is 19.2 Å². The first-order valence-electron chi connectivity index (χ1n) is 8.11. The van der Waals surface area contributed by atoms with Crippen molar-refractivity contribution in [3.8, 4) is 0 Å². The van der Waals surface area contributed by atoms with Crippen molar-refractivity contribution in [1.29, 1.82) is 0 Å². The minimum Gasteiger partial charge on any atom is -0.469 e. The van der Waals surface area contributed by atoms with Gasteiger partial charge in [-0.25, -0.2) is 0 Å². The number of carbonyl (C=O) groups excluding carboxylic acids is 1. The fraction of sp³-hybridized carbons (Fsp3) is 0.588. The van der Waals surface area contributed by atoms with Crippen molar-refractivity contribution in [2.24, 2.45) is 5.41 Å². The Labute approximate surface area is 151 Å². The van der Waals surface area contributed by atoms with Crippen LogP contribution in [0, 0.1) is 15.5 Å². The monoisotopic (exact) mass is 371 g/mol. The summed E-state index contributed by atoms with van der Waals surface area (Å²) in [6.07, 6.45) is 1.76. The van der Waals surface area contributed by atoms with Crippen molar-refractivity contribution in [2.75, 3.05) is 12.9 Å². The van der Waals surface area contributed by atoms with Crippen LogP contribution in [-0.2, 0) is 26.4 Å². The summed E-state index contributed by atoms with van der Waals surface area (Å²) in [6.45, 7) is 7.17. The average Bonchev–Trinajstić information content (AvgIpc) is 2.58. The Hall–Kier alpha value is -1.64. The first kappa shape index (κ1) is 21.4. The van der Waals surface area contributed by atoms with Gasteiger partial charge in [-0.2, -0.15) is 4.55 Å². The van der Waals surface area contributed by atoms with Gasteiger partial charge in [-0.05, 0) is 32.8 Å². The molecular formula is C17H27N2O5S+. The Morgan fingerprint density at radius 3 is 2.56 bits per heavy atom. The van der Waals surface area contributed by atoms with Gasteiger partial charge in [-0.15, -0.1) is 0 Å². The molecule has 2 N–H and O–H groups in total. The number of rotatable bonds is 9. The van der Waals surface area contributed by atoms with Crippen LogP contribution in [0.15, 0.2) is 24.3 Å². The number of nitro groups is 1. The highest BCUT2D eigenvalue weighted by atomic mass is 32.2. The number of nitrogens with zero attached hydrogens (tertiary/aromatic N) is 1. The third-order valence-electron chi connectivity index (χ3n) is 4.59. The topological polar surface area (TPSA) is 102 Å². The van der Waals surface area contributed by atoms with Gasteiger partial charge in [0, 0.05) is 12.1 Å². The maximum Gasteiger partial charge on any atom is 0.313 e. The fourth-order valence-corrected chi connectivity index (χ4v) is 4.01. The molecule has 2 atom stereocenters. The molecule has 140 valence electrons. The van der Waals surface area contributed by atoms with Gasteiger partial charge in [0.2, 0.25) is 11.4 Å². The summed E-state index contributed by atoms with van der Waals surface area (Å²) in [4.78, 5) is 23.0. The molecule has 0 saturated heterocycles. The van der Waals surface area contributed by atoms with Crippen LogP contribution >= 0.6 is 0 Å². The minimum atomic E-state index is -1.15. The summed E-state index contributed by atoms with van der Waals surface area (Å²) >= 11 is -1.15. The van der Waals surface area contributed by atoms with Gasteiger partial charge in [0.15, 0.2) is 5.75 Å². The number of ether oxygens (including phenoxy) is 1. The molecule has 0 fully saturated rings. The summed E-state index contributed by atoms with van der Waals surface area (Å²) in [5, 5.41) is 11.1. The van der Waals surface area contributed by atoms with Crippen molar-refractivity contribution < 1.29 is 19.0 Å². The lowest BCUT2D eigenvalue weighted by atomic mass is 9.70. The van der Waals surface area contributed by atoms with Gasteiger partial charge in [0.1, 0.15) is 5.54 Å². The Morgan fingerprint density at radius 1 is 1.40 bits per heavy atom. The lowest BCUT2D eigenvalue weighted by Gasteiger charge is -2.40. The van der Waals surface area contributed by atoms with E-state index in [1.807, 2.05) is 6.92 Å². The molecule has 0 bridgehead atoms. The van der Waals surface area contributed by atoms with E-state index >= 15 is 0 Å². The minimum absolute atomic E-state index is 0.0717. The lowest BCUT2D eigenvalue weighted by molar-refractivity contribution is -0.385. The van der Waals surface area contributed by atoms with Crippen LogP contribution in [0.5, 0.6) is 0 Å². The average molecular weight is 371 g/mol. The molecule has 1 aromatic rings. The van der Waals surface area contributed by atoms with E-state index in [0.29, 0.717) is 11.3 Å². The van der Waals surface area contributed by atoms with Crippen LogP contribution in [0.2, 0.25) is 0 Å². The maximum absolute atomic E-state index is 12.4. The Balaban J connectivity index is 3.39. The van der Waals surface area contributed by atoms with E-state index < -0.39 is 33.2 Å². The summed E-state index contributed by atoms with van der Waals surface area (Å²) < 4.78 is 18.5. The van der Waals surface area contributed by atoms with Gasteiger partial charge < -0.3 is 4.74 Å². The highest BCUT2D eigenvalue weighted by Gasteiger charge is 2.53. The number of unbranched alkanes of at least 4 members (excludes halogenated alkanes) is 1. The Morgan fingerprint density at radius 2 is 2.04 bits per heavy atom. The van der Waals surface area contributed by atoms with Crippen LogP contribution < -0.4 is 4.72 Å². The van der Waals surface area contributed by atoms with E-state index in [9.17, 15) is 19.5 Å². The molecule has 1 unspecified atom stereocenters. The first-order valence-corrected chi connectivity index (χ1v) is 9.46. The van der Waals surface area contributed by atoms with Crippen molar-refractivity contribution in [3.63, 3.8) is 0 Å². The van der Waals surface area contributed by atoms with E-state index in [2.05, 4.69) is 4.72 Å². The maximum atomic E-state index is 12.4. The Bertz CT molecular complexity index is 623. The number of hydrogen-bond donors (Lipinski definition) is 2. The molecule has 0 heterocycles. The number of hydrogen-bond acceptors (Lipinski definition) is 6. The number of benzene rings is 1. The van der Waals surface area contributed by atoms with E-state index in [-0.39, 0.29) is 5.69 Å². The zero-order chi connectivity index (χ0) is 19.3. The summed E-state index contributed by atoms with van der Waals surface area (Å²) in [7, 11) is 1.30. The number of nitrogens with one attached hydrogen (secondary N) is 1. The molecular weight excluding hydrogens is 344 g/mol. The van der Waals surface area contributed by atoms with Crippen molar-refractivity contribution in [1.82, 2.24) is 4.72 Å². The Kier molecular flexibility index (Phi) is 7.40. The summed E-state index contributed by atoms with van der Waals surface area (Å²) in [5.41, 5.74) is -1.66. The SMILES string of the molecule is CCCC[S+](O)N[C@](C)(c1cccc([N+](=O)[O-])c1)C(C)(C)C(=O)OC. The van der Waals surface area contributed by atoms with Crippen LogP contribution in [-0.4, -0.2) is 28.3 Å². The van der Waals surface area contributed by atoms with Gasteiger partial charge >= 0.3 is 5.97 Å². The van der Waals surface area contributed by atoms with Crippen LogP contribution in [0.25, 0.3) is 0 Å². The summed E-state index contributed by atoms with van der Waals surface area (Å²) in [6, 6.07) is 6.10. The van der Waals surface area contributed by atoms with Crippen LogP contribution in [0.1, 0.15) is 46.1 Å². The molecule has 0 saturated carbocycles. The van der Waals surface area contributed by atoms with Gasteiger partial charge in [-0.1, -0.05) is 30.2 Å². The predicted octanol–water partition coefficient (Wildman–Crippen LogP) is 3.41. The highest BCUT2D eigenvalue weighted by Crippen LogP contribution is 2.42. The lowest BCUT2D eigenvalue weighted by Crippen LogP contribution is -2.57. The first-order chi connectivity index (χ1) is 11.6. The number of esters is 1. The molecule has 0 aliphatic carbocycles. The van der Waals surface area contributed by atoms with Gasteiger partial charge in [0.05, 0.1) is 17.4 Å². The van der Waals surface area contributed by atoms with Gasteiger partial charge in [0.25, 0.3) is 5.69 Å². The number of non-ortho nitro benzene ring substituents is 1. The molecule has 0 aliphatic heterocycles. The van der Waals surface area contributed by atoms with E-state index in [1.54, 1.807) is 32.9 Å². The van der Waals surface area contributed by atoms with E-state index in [0.717, 1.165) is 12.8 Å². The van der Waals surface area contributed by atoms with E-state index in [4.69, 9.17) is 4.74 Å².